The maximum Gasteiger partial charge on any atom is 0.310 e. The van der Waals surface area contributed by atoms with Gasteiger partial charge in [0.1, 0.15) is 0 Å². The molecule has 3 nitrogen and oxygen atoms in total. The van der Waals surface area contributed by atoms with Crippen LogP contribution in [0.25, 0.3) is 0 Å². The molecule has 1 rings (SSSR count). The molecule has 0 amide bonds. The molecule has 1 N–H and O–H groups in total. The van der Waals surface area contributed by atoms with Gasteiger partial charge in [0.05, 0.1) is 5.41 Å². The Morgan fingerprint density at radius 1 is 1.33 bits per heavy atom. The number of carboxylic acid groups (broad SMARTS) is 1. The highest BCUT2D eigenvalue weighted by molar-refractivity contribution is 5.74. The summed E-state index contributed by atoms with van der Waals surface area (Å²) in [5.74, 6) is -0.646. The number of carbonyl (C=O) groups is 1. The molecule has 0 aromatic carbocycles. The molecule has 0 aromatic heterocycles. The monoisotopic (exact) mass is 255 g/mol. The molecule has 1 aliphatic rings. The second kappa shape index (κ2) is 6.05. The maximum atomic E-state index is 11.5. The van der Waals surface area contributed by atoms with E-state index >= 15 is 0 Å². The molecule has 0 aromatic rings. The van der Waals surface area contributed by atoms with Crippen LogP contribution in [0, 0.1) is 10.8 Å². The van der Waals surface area contributed by atoms with Crippen molar-refractivity contribution in [3.05, 3.63) is 0 Å². The van der Waals surface area contributed by atoms with Gasteiger partial charge < -0.3 is 10.0 Å². The van der Waals surface area contributed by atoms with E-state index in [1.807, 2.05) is 6.92 Å². The second-order valence-electron chi connectivity index (χ2n) is 6.91. The first-order valence-electron chi connectivity index (χ1n) is 7.25. The molecule has 0 saturated carbocycles. The second-order valence-corrected chi connectivity index (χ2v) is 6.91. The van der Waals surface area contributed by atoms with E-state index < -0.39 is 11.4 Å². The van der Waals surface area contributed by atoms with Gasteiger partial charge in [-0.1, -0.05) is 27.2 Å². The number of carboxylic acids is 1. The van der Waals surface area contributed by atoms with Gasteiger partial charge in [-0.3, -0.25) is 4.79 Å². The Balaban J connectivity index is 2.62. The van der Waals surface area contributed by atoms with Gasteiger partial charge in [-0.15, -0.1) is 0 Å². The van der Waals surface area contributed by atoms with E-state index in [4.69, 9.17) is 0 Å². The topological polar surface area (TPSA) is 40.5 Å². The lowest BCUT2D eigenvalue weighted by molar-refractivity contribution is -0.149. The van der Waals surface area contributed by atoms with Crippen LogP contribution in [0.5, 0.6) is 0 Å². The summed E-state index contributed by atoms with van der Waals surface area (Å²) in [4.78, 5) is 13.8. The minimum Gasteiger partial charge on any atom is -0.481 e. The van der Waals surface area contributed by atoms with Crippen LogP contribution in [0.1, 0.15) is 59.8 Å². The van der Waals surface area contributed by atoms with E-state index in [0.717, 1.165) is 25.9 Å². The van der Waals surface area contributed by atoms with E-state index in [0.29, 0.717) is 12.0 Å². The van der Waals surface area contributed by atoms with Crippen LogP contribution in [-0.2, 0) is 4.79 Å². The van der Waals surface area contributed by atoms with Crippen molar-refractivity contribution in [2.45, 2.75) is 59.8 Å². The molecule has 0 radical (unpaired) electrons. The van der Waals surface area contributed by atoms with Crippen molar-refractivity contribution in [2.24, 2.45) is 10.8 Å². The third-order valence-corrected chi connectivity index (χ3v) is 4.32. The van der Waals surface area contributed by atoms with E-state index in [1.54, 1.807) is 0 Å². The average molecular weight is 255 g/mol. The minimum absolute atomic E-state index is 0.416. The van der Waals surface area contributed by atoms with Crippen molar-refractivity contribution >= 4 is 5.97 Å². The molecular weight excluding hydrogens is 226 g/mol. The summed E-state index contributed by atoms with van der Waals surface area (Å²) >= 11 is 0. The lowest BCUT2D eigenvalue weighted by atomic mass is 9.84. The number of likely N-dealkylation sites (tertiary alicyclic amines) is 1. The summed E-state index contributed by atoms with van der Waals surface area (Å²) in [6.07, 6.45) is 5.31. The molecule has 1 atom stereocenters. The van der Waals surface area contributed by atoms with Crippen LogP contribution >= 0.6 is 0 Å². The molecule has 1 saturated heterocycles. The van der Waals surface area contributed by atoms with Gasteiger partial charge in [0, 0.05) is 6.54 Å². The van der Waals surface area contributed by atoms with Gasteiger partial charge in [-0.05, 0) is 51.1 Å². The fourth-order valence-corrected chi connectivity index (χ4v) is 2.94. The van der Waals surface area contributed by atoms with Crippen molar-refractivity contribution < 1.29 is 9.90 Å². The Morgan fingerprint density at radius 3 is 2.56 bits per heavy atom. The van der Waals surface area contributed by atoms with Crippen LogP contribution in [0.2, 0.25) is 0 Å². The fraction of sp³-hybridized carbons (Fsp3) is 0.933. The number of hydrogen-bond acceptors (Lipinski definition) is 2. The highest BCUT2D eigenvalue weighted by Gasteiger charge is 2.35. The summed E-state index contributed by atoms with van der Waals surface area (Å²) in [6, 6.07) is 0. The first-order valence-corrected chi connectivity index (χ1v) is 7.25. The number of nitrogens with zero attached hydrogens (tertiary/aromatic N) is 1. The smallest absolute Gasteiger partial charge is 0.310 e. The van der Waals surface area contributed by atoms with Gasteiger partial charge in [0.2, 0.25) is 0 Å². The quantitative estimate of drug-likeness (QED) is 0.818. The Bertz CT molecular complexity index is 288. The zero-order chi connectivity index (χ0) is 13.8. The Morgan fingerprint density at radius 2 is 2.00 bits per heavy atom. The Kier molecular flexibility index (Phi) is 5.20. The molecule has 1 heterocycles. The SMILES string of the molecule is CCCC(C)(CN1CCCC(C)(C)CC1)C(=O)O. The summed E-state index contributed by atoms with van der Waals surface area (Å²) < 4.78 is 0. The number of aliphatic carboxylic acids is 1. The minimum atomic E-state index is -0.646. The number of rotatable bonds is 5. The first-order chi connectivity index (χ1) is 8.29. The molecule has 3 heteroatoms. The summed E-state index contributed by atoms with van der Waals surface area (Å²) in [5, 5.41) is 9.44. The standard InChI is InChI=1S/C15H29NO2/c1-5-7-15(4,13(17)18)12-16-10-6-8-14(2,3)9-11-16/h5-12H2,1-4H3,(H,17,18). The molecule has 106 valence electrons. The molecule has 0 aliphatic carbocycles. The summed E-state index contributed by atoms with van der Waals surface area (Å²) in [5.41, 5.74) is -0.164. The van der Waals surface area contributed by atoms with Crippen LogP contribution in [0.15, 0.2) is 0 Å². The maximum absolute atomic E-state index is 11.5. The normalized spacial score (nSPS) is 24.2. The van der Waals surface area contributed by atoms with E-state index in [-0.39, 0.29) is 0 Å². The summed E-state index contributed by atoms with van der Waals surface area (Å²) in [6.45, 7) is 11.4. The molecule has 1 unspecified atom stereocenters. The zero-order valence-corrected chi connectivity index (χ0v) is 12.5. The molecular formula is C15H29NO2. The van der Waals surface area contributed by atoms with E-state index in [9.17, 15) is 9.90 Å². The average Bonchev–Trinajstić information content (AvgIpc) is 2.40. The third-order valence-electron chi connectivity index (χ3n) is 4.32. The molecule has 1 aliphatic heterocycles. The van der Waals surface area contributed by atoms with Crippen molar-refractivity contribution in [3.8, 4) is 0 Å². The predicted molar refractivity (Wildman–Crippen MR) is 74.7 cm³/mol. The van der Waals surface area contributed by atoms with Crippen molar-refractivity contribution in [1.29, 1.82) is 0 Å². The van der Waals surface area contributed by atoms with Gasteiger partial charge >= 0.3 is 5.97 Å². The zero-order valence-electron chi connectivity index (χ0n) is 12.5. The van der Waals surface area contributed by atoms with Crippen LogP contribution < -0.4 is 0 Å². The fourth-order valence-electron chi connectivity index (χ4n) is 2.94. The molecule has 0 spiro atoms. The highest BCUT2D eigenvalue weighted by Crippen LogP contribution is 2.32. The lowest BCUT2D eigenvalue weighted by Gasteiger charge is -2.32. The van der Waals surface area contributed by atoms with Gasteiger partial charge in [-0.25, -0.2) is 0 Å². The van der Waals surface area contributed by atoms with Crippen LogP contribution in [0.4, 0.5) is 0 Å². The van der Waals surface area contributed by atoms with Gasteiger partial charge in [-0.2, -0.15) is 0 Å². The molecule has 1 fully saturated rings. The number of hydrogen-bond donors (Lipinski definition) is 1. The lowest BCUT2D eigenvalue weighted by Crippen LogP contribution is -2.41. The Labute approximate surface area is 112 Å². The largest absolute Gasteiger partial charge is 0.481 e. The van der Waals surface area contributed by atoms with E-state index in [1.165, 1.54) is 19.3 Å². The van der Waals surface area contributed by atoms with Crippen LogP contribution in [-0.4, -0.2) is 35.6 Å². The highest BCUT2D eigenvalue weighted by atomic mass is 16.4. The Hall–Kier alpha value is -0.570. The third kappa shape index (κ3) is 4.27. The van der Waals surface area contributed by atoms with Crippen LogP contribution in [0.3, 0.4) is 0 Å². The van der Waals surface area contributed by atoms with Crippen molar-refractivity contribution in [2.75, 3.05) is 19.6 Å². The van der Waals surface area contributed by atoms with Crippen molar-refractivity contribution in [3.63, 3.8) is 0 Å². The van der Waals surface area contributed by atoms with Gasteiger partial charge in [0.15, 0.2) is 0 Å². The van der Waals surface area contributed by atoms with Gasteiger partial charge in [0.25, 0.3) is 0 Å². The molecule has 0 bridgehead atoms. The molecule has 18 heavy (non-hydrogen) atoms. The summed E-state index contributed by atoms with van der Waals surface area (Å²) in [7, 11) is 0. The van der Waals surface area contributed by atoms with Crippen molar-refractivity contribution in [1.82, 2.24) is 4.90 Å². The first kappa shape index (κ1) is 15.5. The predicted octanol–water partition coefficient (Wildman–Crippen LogP) is 3.39. The van der Waals surface area contributed by atoms with E-state index in [2.05, 4.69) is 25.7 Å².